The maximum Gasteiger partial charge on any atom is 0.104 e. The molecular formula is C21H26N2O. The van der Waals surface area contributed by atoms with Crippen molar-refractivity contribution in [2.24, 2.45) is 0 Å². The number of benzene rings is 2. The summed E-state index contributed by atoms with van der Waals surface area (Å²) < 4.78 is 0. The Hall–Kier alpha value is -2.00. The Kier molecular flexibility index (Phi) is 3.97. The summed E-state index contributed by atoms with van der Waals surface area (Å²) in [7, 11) is 4.29. The first-order valence-corrected chi connectivity index (χ1v) is 8.99. The van der Waals surface area contributed by atoms with Crippen molar-refractivity contribution in [2.45, 2.75) is 31.8 Å². The van der Waals surface area contributed by atoms with E-state index < -0.39 is 6.10 Å². The number of hydrogen-bond donors (Lipinski definition) is 1. The summed E-state index contributed by atoms with van der Waals surface area (Å²) >= 11 is 0. The predicted octanol–water partition coefficient (Wildman–Crippen LogP) is 3.53. The lowest BCUT2D eigenvalue weighted by atomic mass is 9.92. The molecule has 3 heteroatoms. The fraction of sp³-hybridized carbons (Fsp3) is 0.429. The standard InChI is InChI=1S/C21H26N2O/c1-22-11-3-5-15-13-17(7-9-19(15)22)21(24)18-8-10-20-16(14-18)6-4-12-23(20)2/h7-10,13-14,21,24H,3-6,11-12H2,1-2H3. The van der Waals surface area contributed by atoms with Gasteiger partial charge in [0.2, 0.25) is 0 Å². The number of aliphatic hydroxyl groups excluding tert-OH is 1. The van der Waals surface area contributed by atoms with Gasteiger partial charge in [0.15, 0.2) is 0 Å². The first-order valence-electron chi connectivity index (χ1n) is 8.99. The minimum Gasteiger partial charge on any atom is -0.384 e. The Morgan fingerprint density at radius 2 is 1.25 bits per heavy atom. The van der Waals surface area contributed by atoms with Gasteiger partial charge in [-0.15, -0.1) is 0 Å². The van der Waals surface area contributed by atoms with Crippen LogP contribution in [0.1, 0.15) is 41.2 Å². The molecule has 2 aromatic carbocycles. The molecule has 2 heterocycles. The maximum absolute atomic E-state index is 10.9. The molecule has 2 aliphatic rings. The molecule has 0 fully saturated rings. The van der Waals surface area contributed by atoms with E-state index >= 15 is 0 Å². The molecule has 126 valence electrons. The first kappa shape index (κ1) is 15.5. The second-order valence-electron chi connectivity index (χ2n) is 7.23. The Morgan fingerprint density at radius 1 is 0.792 bits per heavy atom. The van der Waals surface area contributed by atoms with Crippen LogP contribution in [0.15, 0.2) is 36.4 Å². The highest BCUT2D eigenvalue weighted by Crippen LogP contribution is 2.33. The highest BCUT2D eigenvalue weighted by molar-refractivity contribution is 5.59. The zero-order valence-electron chi connectivity index (χ0n) is 14.6. The van der Waals surface area contributed by atoms with E-state index in [2.05, 4.69) is 60.3 Å². The number of anilines is 2. The summed E-state index contributed by atoms with van der Waals surface area (Å²) in [6.07, 6.45) is 4.05. The third-order valence-electron chi connectivity index (χ3n) is 5.54. The van der Waals surface area contributed by atoms with Crippen molar-refractivity contribution in [1.82, 2.24) is 0 Å². The van der Waals surface area contributed by atoms with Crippen molar-refractivity contribution in [3.8, 4) is 0 Å². The van der Waals surface area contributed by atoms with Gasteiger partial charge in [0.1, 0.15) is 6.10 Å². The monoisotopic (exact) mass is 322 g/mol. The van der Waals surface area contributed by atoms with Crippen molar-refractivity contribution >= 4 is 11.4 Å². The average molecular weight is 322 g/mol. The smallest absolute Gasteiger partial charge is 0.104 e. The summed E-state index contributed by atoms with van der Waals surface area (Å²) in [4.78, 5) is 4.62. The molecule has 0 saturated carbocycles. The van der Waals surface area contributed by atoms with Crippen LogP contribution in [0.5, 0.6) is 0 Å². The normalized spacial score (nSPS) is 17.0. The molecule has 0 saturated heterocycles. The van der Waals surface area contributed by atoms with Crippen LogP contribution in [0.25, 0.3) is 0 Å². The van der Waals surface area contributed by atoms with E-state index in [0.717, 1.165) is 37.1 Å². The van der Waals surface area contributed by atoms with Gasteiger partial charge in [0, 0.05) is 38.6 Å². The Labute approximate surface area is 144 Å². The van der Waals surface area contributed by atoms with Gasteiger partial charge in [-0.05, 0) is 60.1 Å². The van der Waals surface area contributed by atoms with Crippen LogP contribution in [0.2, 0.25) is 0 Å². The highest BCUT2D eigenvalue weighted by Gasteiger charge is 2.19. The number of rotatable bonds is 2. The van der Waals surface area contributed by atoms with Gasteiger partial charge in [0.25, 0.3) is 0 Å². The third kappa shape index (κ3) is 2.67. The fourth-order valence-corrected chi connectivity index (χ4v) is 4.14. The van der Waals surface area contributed by atoms with Gasteiger partial charge in [-0.3, -0.25) is 0 Å². The fourth-order valence-electron chi connectivity index (χ4n) is 4.14. The maximum atomic E-state index is 10.9. The molecule has 0 unspecified atom stereocenters. The largest absolute Gasteiger partial charge is 0.384 e. The van der Waals surface area contributed by atoms with E-state index in [1.54, 1.807) is 0 Å². The quantitative estimate of drug-likeness (QED) is 0.916. The summed E-state index contributed by atoms with van der Waals surface area (Å²) in [5.41, 5.74) is 7.35. The van der Waals surface area contributed by atoms with E-state index in [-0.39, 0.29) is 0 Å². The molecule has 0 atom stereocenters. The second kappa shape index (κ2) is 6.14. The van der Waals surface area contributed by atoms with Crippen LogP contribution in [0, 0.1) is 0 Å². The number of fused-ring (bicyclic) bond motifs is 2. The van der Waals surface area contributed by atoms with Crippen molar-refractivity contribution in [1.29, 1.82) is 0 Å². The van der Waals surface area contributed by atoms with Crippen molar-refractivity contribution in [3.05, 3.63) is 58.7 Å². The lowest BCUT2D eigenvalue weighted by molar-refractivity contribution is 0.220. The second-order valence-corrected chi connectivity index (χ2v) is 7.23. The number of aryl methyl sites for hydroxylation is 2. The lowest BCUT2D eigenvalue weighted by Gasteiger charge is -2.29. The van der Waals surface area contributed by atoms with Gasteiger partial charge < -0.3 is 14.9 Å². The van der Waals surface area contributed by atoms with E-state index in [4.69, 9.17) is 0 Å². The molecule has 2 aromatic rings. The molecule has 2 aliphatic heterocycles. The van der Waals surface area contributed by atoms with Crippen LogP contribution in [0.3, 0.4) is 0 Å². The summed E-state index contributed by atoms with van der Waals surface area (Å²) in [5, 5.41) is 10.9. The van der Waals surface area contributed by atoms with E-state index in [9.17, 15) is 5.11 Å². The molecule has 0 spiro atoms. The van der Waals surface area contributed by atoms with Crippen LogP contribution < -0.4 is 9.80 Å². The first-order chi connectivity index (χ1) is 11.6. The summed E-state index contributed by atoms with van der Waals surface area (Å²) in [6, 6.07) is 12.9. The van der Waals surface area contributed by atoms with E-state index in [1.807, 2.05) is 0 Å². The molecule has 0 amide bonds. The summed E-state index contributed by atoms with van der Waals surface area (Å²) in [6.45, 7) is 2.24. The predicted molar refractivity (Wildman–Crippen MR) is 100 cm³/mol. The lowest BCUT2D eigenvalue weighted by Crippen LogP contribution is -2.25. The van der Waals surface area contributed by atoms with Crippen LogP contribution in [-0.4, -0.2) is 32.3 Å². The average Bonchev–Trinajstić information content (AvgIpc) is 2.61. The topological polar surface area (TPSA) is 26.7 Å². The third-order valence-corrected chi connectivity index (χ3v) is 5.54. The Bertz CT molecular complexity index is 692. The van der Waals surface area contributed by atoms with Crippen molar-refractivity contribution in [2.75, 3.05) is 37.0 Å². The summed E-state index contributed by atoms with van der Waals surface area (Å²) in [5.74, 6) is 0. The van der Waals surface area contributed by atoms with Crippen LogP contribution >= 0.6 is 0 Å². The van der Waals surface area contributed by atoms with Crippen LogP contribution in [0.4, 0.5) is 11.4 Å². The molecule has 0 aliphatic carbocycles. The minimum atomic E-state index is -0.542. The number of hydrogen-bond acceptors (Lipinski definition) is 3. The van der Waals surface area contributed by atoms with Gasteiger partial charge in [-0.2, -0.15) is 0 Å². The van der Waals surface area contributed by atoms with E-state index in [1.165, 1.54) is 35.3 Å². The molecule has 3 nitrogen and oxygen atoms in total. The highest BCUT2D eigenvalue weighted by atomic mass is 16.3. The molecular weight excluding hydrogens is 296 g/mol. The van der Waals surface area contributed by atoms with Crippen molar-refractivity contribution in [3.63, 3.8) is 0 Å². The molecule has 0 aromatic heterocycles. The zero-order valence-corrected chi connectivity index (χ0v) is 14.6. The number of nitrogens with zero attached hydrogens (tertiary/aromatic N) is 2. The van der Waals surface area contributed by atoms with Gasteiger partial charge in [0.05, 0.1) is 0 Å². The molecule has 0 radical (unpaired) electrons. The molecule has 24 heavy (non-hydrogen) atoms. The molecule has 1 N–H and O–H groups in total. The van der Waals surface area contributed by atoms with Gasteiger partial charge in [-0.25, -0.2) is 0 Å². The Morgan fingerprint density at radius 3 is 1.71 bits per heavy atom. The van der Waals surface area contributed by atoms with Crippen LogP contribution in [-0.2, 0) is 12.8 Å². The molecule has 4 rings (SSSR count). The van der Waals surface area contributed by atoms with E-state index in [0.29, 0.717) is 0 Å². The SMILES string of the molecule is CN1CCCc2cc(C(O)c3ccc4c(c3)CCCN4C)ccc21. The molecule has 0 bridgehead atoms. The Balaban J connectivity index is 1.65. The number of aliphatic hydroxyl groups is 1. The van der Waals surface area contributed by atoms with Gasteiger partial charge in [-0.1, -0.05) is 24.3 Å². The zero-order chi connectivity index (χ0) is 16.7. The minimum absolute atomic E-state index is 0.542. The van der Waals surface area contributed by atoms with Crippen molar-refractivity contribution < 1.29 is 5.11 Å². The van der Waals surface area contributed by atoms with Gasteiger partial charge >= 0.3 is 0 Å².